The molecular formula is C8H12OS. The Hall–Kier alpha value is -0.470. The summed E-state index contributed by atoms with van der Waals surface area (Å²) in [6.45, 7) is 0. The second kappa shape index (κ2) is 4.36. The molecule has 1 rings (SSSR count). The van der Waals surface area contributed by atoms with Crippen LogP contribution in [0, 0.1) is 0 Å². The van der Waals surface area contributed by atoms with Crippen LogP contribution in [0.15, 0.2) is 35.2 Å². The first kappa shape index (κ1) is 9.53. The molecule has 0 saturated carbocycles. The number of benzene rings is 1. The van der Waals surface area contributed by atoms with Gasteiger partial charge in [0.25, 0.3) is 0 Å². The molecule has 1 nitrogen and oxygen atoms in total. The first-order chi connectivity index (χ1) is 4.30. The summed E-state index contributed by atoms with van der Waals surface area (Å²) in [5.41, 5.74) is 0. The Bertz CT molecular complexity index is 172. The molecule has 0 spiro atoms. The van der Waals surface area contributed by atoms with Crippen LogP contribution >= 0.6 is 0 Å². The number of hydrogen-bond donors (Lipinski definition) is 0. The molecule has 0 aromatic heterocycles. The smallest absolute Gasteiger partial charge is 0.154 e. The van der Waals surface area contributed by atoms with Gasteiger partial charge in [-0.25, -0.2) is 0 Å². The molecule has 56 valence electrons. The largest absolute Gasteiger partial charge is 0.870 e. The van der Waals surface area contributed by atoms with Crippen molar-refractivity contribution in [1.82, 2.24) is 0 Å². The third kappa shape index (κ3) is 2.42. The van der Waals surface area contributed by atoms with E-state index in [4.69, 9.17) is 0 Å². The maximum absolute atomic E-state index is 2.23. The SMILES string of the molecule is C[S+](C)c1ccccc1.[OH-]. The Morgan fingerprint density at radius 2 is 1.50 bits per heavy atom. The predicted molar refractivity (Wildman–Crippen MR) is 45.9 cm³/mol. The van der Waals surface area contributed by atoms with Gasteiger partial charge in [0.15, 0.2) is 4.90 Å². The molecule has 1 aromatic rings. The number of hydrogen-bond acceptors (Lipinski definition) is 1. The first-order valence-corrected chi connectivity index (χ1v) is 4.97. The van der Waals surface area contributed by atoms with Gasteiger partial charge in [-0.1, -0.05) is 18.2 Å². The summed E-state index contributed by atoms with van der Waals surface area (Å²) in [7, 11) is 0.421. The lowest BCUT2D eigenvalue weighted by atomic mass is 10.4. The van der Waals surface area contributed by atoms with Crippen LogP contribution in [0.3, 0.4) is 0 Å². The van der Waals surface area contributed by atoms with E-state index in [1.165, 1.54) is 4.90 Å². The molecule has 0 saturated heterocycles. The van der Waals surface area contributed by atoms with Crippen LogP contribution in [0.5, 0.6) is 0 Å². The van der Waals surface area contributed by atoms with E-state index in [0.29, 0.717) is 10.9 Å². The van der Waals surface area contributed by atoms with Crippen molar-refractivity contribution in [2.45, 2.75) is 4.90 Å². The van der Waals surface area contributed by atoms with Crippen LogP contribution in [-0.2, 0) is 10.9 Å². The lowest BCUT2D eigenvalue weighted by Gasteiger charge is -1.91. The molecule has 0 amide bonds. The van der Waals surface area contributed by atoms with E-state index < -0.39 is 0 Å². The molecule has 0 fully saturated rings. The van der Waals surface area contributed by atoms with E-state index in [1.807, 2.05) is 0 Å². The molecular weight excluding hydrogens is 144 g/mol. The fraction of sp³-hybridized carbons (Fsp3) is 0.250. The molecule has 0 bridgehead atoms. The van der Waals surface area contributed by atoms with E-state index in [9.17, 15) is 0 Å². The molecule has 0 unspecified atom stereocenters. The van der Waals surface area contributed by atoms with Gasteiger partial charge in [0.2, 0.25) is 0 Å². The van der Waals surface area contributed by atoms with Gasteiger partial charge >= 0.3 is 0 Å². The second-order valence-electron chi connectivity index (χ2n) is 2.13. The maximum Gasteiger partial charge on any atom is 0.154 e. The summed E-state index contributed by atoms with van der Waals surface area (Å²) < 4.78 is 0. The fourth-order valence-corrected chi connectivity index (χ4v) is 1.39. The average Bonchev–Trinajstić information content (AvgIpc) is 1.90. The van der Waals surface area contributed by atoms with Gasteiger partial charge in [0.1, 0.15) is 12.5 Å². The van der Waals surface area contributed by atoms with Crippen LogP contribution in [0.2, 0.25) is 0 Å². The molecule has 1 N–H and O–H groups in total. The average molecular weight is 156 g/mol. The van der Waals surface area contributed by atoms with Crippen molar-refractivity contribution < 1.29 is 5.48 Å². The Morgan fingerprint density at radius 3 is 1.80 bits per heavy atom. The normalized spacial score (nSPS) is 9.10. The van der Waals surface area contributed by atoms with Crippen molar-refractivity contribution in [2.24, 2.45) is 0 Å². The minimum absolute atomic E-state index is 0. The zero-order chi connectivity index (χ0) is 6.69. The van der Waals surface area contributed by atoms with E-state index in [-0.39, 0.29) is 5.48 Å². The van der Waals surface area contributed by atoms with Crippen molar-refractivity contribution in [3.63, 3.8) is 0 Å². The van der Waals surface area contributed by atoms with Crippen LogP contribution in [0.4, 0.5) is 0 Å². The van der Waals surface area contributed by atoms with Gasteiger partial charge in [0.05, 0.1) is 0 Å². The lowest BCUT2D eigenvalue weighted by molar-refractivity contribution is 0.824. The summed E-state index contributed by atoms with van der Waals surface area (Å²) in [6.07, 6.45) is 4.46. The van der Waals surface area contributed by atoms with E-state index in [1.54, 1.807) is 0 Å². The zero-order valence-electron chi connectivity index (χ0n) is 6.24. The van der Waals surface area contributed by atoms with Crippen LogP contribution in [-0.4, -0.2) is 18.0 Å². The Morgan fingerprint density at radius 1 is 1.00 bits per heavy atom. The van der Waals surface area contributed by atoms with Gasteiger partial charge in [-0.2, -0.15) is 0 Å². The molecule has 0 heterocycles. The van der Waals surface area contributed by atoms with Gasteiger partial charge in [0, 0.05) is 10.9 Å². The minimum Gasteiger partial charge on any atom is -0.870 e. The highest BCUT2D eigenvalue weighted by Crippen LogP contribution is 2.05. The summed E-state index contributed by atoms with van der Waals surface area (Å²) in [6, 6.07) is 10.6. The van der Waals surface area contributed by atoms with E-state index >= 15 is 0 Å². The van der Waals surface area contributed by atoms with Gasteiger partial charge in [-0.05, 0) is 12.1 Å². The zero-order valence-corrected chi connectivity index (χ0v) is 7.06. The van der Waals surface area contributed by atoms with Crippen molar-refractivity contribution in [2.75, 3.05) is 12.5 Å². The van der Waals surface area contributed by atoms with Crippen molar-refractivity contribution in [3.05, 3.63) is 30.3 Å². The van der Waals surface area contributed by atoms with Gasteiger partial charge in [-0.15, -0.1) is 0 Å². The Kier molecular flexibility index (Phi) is 4.16. The Labute approximate surface area is 64.7 Å². The highest BCUT2D eigenvalue weighted by molar-refractivity contribution is 7.95. The van der Waals surface area contributed by atoms with Crippen LogP contribution < -0.4 is 0 Å². The molecule has 1 aromatic carbocycles. The van der Waals surface area contributed by atoms with Crippen LogP contribution in [0.25, 0.3) is 0 Å². The topological polar surface area (TPSA) is 30.0 Å². The van der Waals surface area contributed by atoms with E-state index in [2.05, 4.69) is 42.8 Å². The predicted octanol–water partition coefficient (Wildman–Crippen LogP) is 1.75. The fourth-order valence-electron chi connectivity index (χ4n) is 0.693. The van der Waals surface area contributed by atoms with Crippen molar-refractivity contribution in [3.8, 4) is 0 Å². The van der Waals surface area contributed by atoms with Crippen LogP contribution in [0.1, 0.15) is 0 Å². The molecule has 0 aliphatic rings. The van der Waals surface area contributed by atoms with Crippen molar-refractivity contribution in [1.29, 1.82) is 0 Å². The third-order valence-corrected chi connectivity index (χ3v) is 2.43. The molecule has 2 heteroatoms. The summed E-state index contributed by atoms with van der Waals surface area (Å²) in [4.78, 5) is 1.44. The van der Waals surface area contributed by atoms with Gasteiger partial charge < -0.3 is 5.48 Å². The highest BCUT2D eigenvalue weighted by atomic mass is 32.2. The Balaban J connectivity index is 0.000000810. The maximum atomic E-state index is 2.23. The molecule has 0 aliphatic carbocycles. The van der Waals surface area contributed by atoms with Gasteiger partial charge in [-0.3, -0.25) is 0 Å². The highest BCUT2D eigenvalue weighted by Gasteiger charge is 2.03. The molecule has 0 radical (unpaired) electrons. The molecule has 0 aliphatic heterocycles. The molecule has 0 atom stereocenters. The lowest BCUT2D eigenvalue weighted by Crippen LogP contribution is -1.93. The monoisotopic (exact) mass is 156 g/mol. The summed E-state index contributed by atoms with van der Waals surface area (Å²) in [5, 5.41) is 0. The standard InChI is InChI=1S/C8H11S.H2O/c1-9(2)8-6-4-3-5-7-8;/h3-7H,1-2H3;1H2/q+1;/p-1. The summed E-state index contributed by atoms with van der Waals surface area (Å²) in [5.74, 6) is 0. The minimum atomic E-state index is 0. The van der Waals surface area contributed by atoms with Crippen molar-refractivity contribution >= 4 is 10.9 Å². The second-order valence-corrected chi connectivity index (χ2v) is 4.23. The number of rotatable bonds is 1. The molecule has 10 heavy (non-hydrogen) atoms. The first-order valence-electron chi connectivity index (χ1n) is 2.93. The third-order valence-electron chi connectivity index (χ3n) is 1.21. The van der Waals surface area contributed by atoms with E-state index in [0.717, 1.165) is 0 Å². The summed E-state index contributed by atoms with van der Waals surface area (Å²) >= 11 is 0. The quantitative estimate of drug-likeness (QED) is 0.570.